The molecule has 0 amide bonds. The molecule has 0 aliphatic rings. The fraction of sp³-hybridized carbons (Fsp3) is 0.455. The van der Waals surface area contributed by atoms with Gasteiger partial charge in [0.25, 0.3) is 0 Å². The first-order valence-electron chi connectivity index (χ1n) is 4.88. The van der Waals surface area contributed by atoms with Crippen molar-refractivity contribution in [3.8, 4) is 17.7 Å². The normalized spacial score (nSPS) is 9.00. The van der Waals surface area contributed by atoms with Gasteiger partial charge in [0.15, 0.2) is 0 Å². The Labute approximate surface area is 90.1 Å². The summed E-state index contributed by atoms with van der Waals surface area (Å²) >= 11 is 0. The molecular formula is C11H15N3O. The van der Waals surface area contributed by atoms with E-state index in [0.717, 1.165) is 5.69 Å². The summed E-state index contributed by atoms with van der Waals surface area (Å²) in [6, 6.07) is 1.81. The molecule has 0 fully saturated rings. The lowest BCUT2D eigenvalue weighted by atomic mass is 10.4. The second-order valence-corrected chi connectivity index (χ2v) is 2.88. The predicted octanol–water partition coefficient (Wildman–Crippen LogP) is 1.62. The van der Waals surface area contributed by atoms with Crippen molar-refractivity contribution in [2.75, 3.05) is 18.5 Å². The maximum atomic E-state index is 5.31. The number of ether oxygens (including phenoxy) is 1. The SMILES string of the molecule is CC#CCNc1nc(C)cc(OCC)n1. The van der Waals surface area contributed by atoms with Crippen LogP contribution in [0, 0.1) is 18.8 Å². The highest BCUT2D eigenvalue weighted by molar-refractivity contribution is 5.32. The number of hydrogen-bond donors (Lipinski definition) is 1. The van der Waals surface area contributed by atoms with Crippen LogP contribution in [0.25, 0.3) is 0 Å². The van der Waals surface area contributed by atoms with Crippen LogP contribution < -0.4 is 10.1 Å². The summed E-state index contributed by atoms with van der Waals surface area (Å²) in [6.45, 7) is 6.77. The fourth-order valence-corrected chi connectivity index (χ4v) is 1.05. The van der Waals surface area contributed by atoms with Crippen LogP contribution in [0.15, 0.2) is 6.07 Å². The molecule has 1 rings (SSSR count). The molecule has 80 valence electrons. The Morgan fingerprint density at radius 2 is 2.27 bits per heavy atom. The van der Waals surface area contributed by atoms with Crippen molar-refractivity contribution in [2.24, 2.45) is 0 Å². The van der Waals surface area contributed by atoms with E-state index in [1.54, 1.807) is 13.0 Å². The average Bonchev–Trinajstić information content (AvgIpc) is 2.18. The zero-order valence-corrected chi connectivity index (χ0v) is 9.29. The first-order chi connectivity index (χ1) is 7.26. The molecule has 0 aliphatic carbocycles. The van der Waals surface area contributed by atoms with Crippen LogP contribution >= 0.6 is 0 Å². The smallest absolute Gasteiger partial charge is 0.226 e. The van der Waals surface area contributed by atoms with E-state index >= 15 is 0 Å². The zero-order chi connectivity index (χ0) is 11.1. The van der Waals surface area contributed by atoms with E-state index < -0.39 is 0 Å². The Kier molecular flexibility index (Phi) is 4.42. The third kappa shape index (κ3) is 3.86. The predicted molar refractivity (Wildman–Crippen MR) is 59.9 cm³/mol. The van der Waals surface area contributed by atoms with Crippen LogP contribution in [-0.4, -0.2) is 23.1 Å². The Bertz CT molecular complexity index is 379. The monoisotopic (exact) mass is 205 g/mol. The molecule has 4 nitrogen and oxygen atoms in total. The van der Waals surface area contributed by atoms with E-state index in [9.17, 15) is 0 Å². The molecule has 0 spiro atoms. The molecular weight excluding hydrogens is 190 g/mol. The third-order valence-electron chi connectivity index (χ3n) is 1.63. The van der Waals surface area contributed by atoms with Crippen molar-refractivity contribution in [2.45, 2.75) is 20.8 Å². The molecule has 0 bridgehead atoms. The number of hydrogen-bond acceptors (Lipinski definition) is 4. The van der Waals surface area contributed by atoms with Crippen LogP contribution in [0.4, 0.5) is 5.95 Å². The standard InChI is InChI=1S/C11H15N3O/c1-4-6-7-12-11-13-9(3)8-10(14-11)15-5-2/h8H,5,7H2,1-3H3,(H,12,13,14). The van der Waals surface area contributed by atoms with Gasteiger partial charge in [-0.3, -0.25) is 0 Å². The number of aryl methyl sites for hydroxylation is 1. The second kappa shape index (κ2) is 5.86. The van der Waals surface area contributed by atoms with Gasteiger partial charge in [-0.1, -0.05) is 5.92 Å². The summed E-state index contributed by atoms with van der Waals surface area (Å²) in [5.74, 6) is 6.83. The van der Waals surface area contributed by atoms with Gasteiger partial charge in [-0.25, -0.2) is 4.98 Å². The maximum Gasteiger partial charge on any atom is 0.226 e. The van der Waals surface area contributed by atoms with Crippen molar-refractivity contribution >= 4 is 5.95 Å². The minimum absolute atomic E-state index is 0.547. The lowest BCUT2D eigenvalue weighted by Gasteiger charge is -2.06. The topological polar surface area (TPSA) is 47.0 Å². The largest absolute Gasteiger partial charge is 0.478 e. The van der Waals surface area contributed by atoms with Crippen molar-refractivity contribution in [3.05, 3.63) is 11.8 Å². The third-order valence-corrected chi connectivity index (χ3v) is 1.63. The van der Waals surface area contributed by atoms with Crippen LogP contribution in [-0.2, 0) is 0 Å². The van der Waals surface area contributed by atoms with Gasteiger partial charge in [0.05, 0.1) is 13.2 Å². The molecule has 1 aromatic rings. The van der Waals surface area contributed by atoms with E-state index in [0.29, 0.717) is 25.0 Å². The lowest BCUT2D eigenvalue weighted by Crippen LogP contribution is -2.06. The summed E-state index contributed by atoms with van der Waals surface area (Å²) in [7, 11) is 0. The summed E-state index contributed by atoms with van der Waals surface area (Å²) in [6.07, 6.45) is 0. The minimum Gasteiger partial charge on any atom is -0.478 e. The second-order valence-electron chi connectivity index (χ2n) is 2.88. The number of aromatic nitrogens is 2. The van der Waals surface area contributed by atoms with Gasteiger partial charge in [0.2, 0.25) is 11.8 Å². The quantitative estimate of drug-likeness (QED) is 0.759. The molecule has 0 saturated carbocycles. The Morgan fingerprint density at radius 3 is 2.93 bits per heavy atom. The van der Waals surface area contributed by atoms with Crippen LogP contribution in [0.3, 0.4) is 0 Å². The first-order valence-corrected chi connectivity index (χ1v) is 4.88. The lowest BCUT2D eigenvalue weighted by molar-refractivity contribution is 0.326. The van der Waals surface area contributed by atoms with Gasteiger partial charge in [-0.2, -0.15) is 4.98 Å². The van der Waals surface area contributed by atoms with E-state index in [-0.39, 0.29) is 0 Å². The van der Waals surface area contributed by atoms with Gasteiger partial charge in [0, 0.05) is 11.8 Å². The molecule has 0 atom stereocenters. The Balaban J connectivity index is 2.72. The summed E-state index contributed by atoms with van der Waals surface area (Å²) in [5.41, 5.74) is 0.875. The summed E-state index contributed by atoms with van der Waals surface area (Å²) in [5, 5.41) is 3.01. The van der Waals surface area contributed by atoms with Crippen molar-refractivity contribution in [1.29, 1.82) is 0 Å². The van der Waals surface area contributed by atoms with Gasteiger partial charge in [0.1, 0.15) is 0 Å². The van der Waals surface area contributed by atoms with Crippen molar-refractivity contribution < 1.29 is 4.74 Å². The van der Waals surface area contributed by atoms with Gasteiger partial charge >= 0.3 is 0 Å². The summed E-state index contributed by atoms with van der Waals surface area (Å²) < 4.78 is 5.31. The Morgan fingerprint density at radius 1 is 1.47 bits per heavy atom. The van der Waals surface area contributed by atoms with E-state index in [1.165, 1.54) is 0 Å². The molecule has 4 heteroatoms. The van der Waals surface area contributed by atoms with Gasteiger partial charge in [-0.15, -0.1) is 5.92 Å². The highest BCUT2D eigenvalue weighted by atomic mass is 16.5. The molecule has 0 saturated heterocycles. The number of rotatable bonds is 4. The highest BCUT2D eigenvalue weighted by Gasteiger charge is 2.00. The molecule has 1 aromatic heterocycles. The molecule has 0 radical (unpaired) electrons. The van der Waals surface area contributed by atoms with Crippen LogP contribution in [0.5, 0.6) is 5.88 Å². The molecule has 0 aromatic carbocycles. The van der Waals surface area contributed by atoms with Gasteiger partial charge in [-0.05, 0) is 20.8 Å². The number of anilines is 1. The van der Waals surface area contributed by atoms with Crippen molar-refractivity contribution in [3.63, 3.8) is 0 Å². The van der Waals surface area contributed by atoms with Crippen LogP contribution in [0.1, 0.15) is 19.5 Å². The van der Waals surface area contributed by atoms with Crippen LogP contribution in [0.2, 0.25) is 0 Å². The molecule has 0 aliphatic heterocycles. The fourth-order valence-electron chi connectivity index (χ4n) is 1.05. The number of nitrogens with zero attached hydrogens (tertiary/aromatic N) is 2. The van der Waals surface area contributed by atoms with E-state index in [4.69, 9.17) is 4.74 Å². The zero-order valence-electron chi connectivity index (χ0n) is 9.29. The van der Waals surface area contributed by atoms with E-state index in [2.05, 4.69) is 27.1 Å². The highest BCUT2D eigenvalue weighted by Crippen LogP contribution is 2.11. The van der Waals surface area contributed by atoms with Gasteiger partial charge < -0.3 is 10.1 Å². The van der Waals surface area contributed by atoms with E-state index in [1.807, 2.05) is 13.8 Å². The summed E-state index contributed by atoms with van der Waals surface area (Å²) in [4.78, 5) is 8.40. The Hall–Kier alpha value is -1.76. The number of nitrogens with one attached hydrogen (secondary N) is 1. The minimum atomic E-state index is 0.547. The maximum absolute atomic E-state index is 5.31. The van der Waals surface area contributed by atoms with Crippen molar-refractivity contribution in [1.82, 2.24) is 9.97 Å². The molecule has 1 heterocycles. The molecule has 0 unspecified atom stereocenters. The average molecular weight is 205 g/mol. The molecule has 1 N–H and O–H groups in total. The first kappa shape index (κ1) is 11.3. The molecule has 15 heavy (non-hydrogen) atoms.